The predicted molar refractivity (Wildman–Crippen MR) is 123 cm³/mol. The number of nitrogens with zero attached hydrogens (tertiary/aromatic N) is 1. The summed E-state index contributed by atoms with van der Waals surface area (Å²) < 4.78 is 11.8. The Labute approximate surface area is 191 Å². The lowest BCUT2D eigenvalue weighted by molar-refractivity contribution is -0.135. The van der Waals surface area contributed by atoms with Crippen molar-refractivity contribution in [3.63, 3.8) is 0 Å². The minimum absolute atomic E-state index is 0.0429. The molecule has 0 aromatic heterocycles. The highest BCUT2D eigenvalue weighted by Crippen LogP contribution is 2.58. The second kappa shape index (κ2) is 9.09. The van der Waals surface area contributed by atoms with Gasteiger partial charge in [0.2, 0.25) is 5.91 Å². The monoisotopic (exact) mass is 441 g/mol. The van der Waals surface area contributed by atoms with E-state index >= 15 is 0 Å². The van der Waals surface area contributed by atoms with Crippen LogP contribution in [0.5, 0.6) is 0 Å². The molecule has 0 bridgehead atoms. The molecule has 4 aliphatic rings. The number of carbonyl (C=O) groups is 1. The van der Waals surface area contributed by atoms with Crippen LogP contribution in [0.3, 0.4) is 0 Å². The smallest absolute Gasteiger partial charge is 0.423 e. The maximum absolute atomic E-state index is 12.6. The van der Waals surface area contributed by atoms with Gasteiger partial charge >= 0.3 is 7.12 Å². The standard InChI is InChI=1S/C25H36BNO5/c1-25-10-9-21-20-8-6-19(26(29)30)15-17(20)5-7-22(21)24(25)18(16-32-25)3-2-4-23(28)27-11-13-31-14-12-27/h6,8,15,18,21-22,24,29-30H,2-5,7,9-14,16H2,1H3/t18-,21?,22?,24?,25-/m0/s1. The van der Waals surface area contributed by atoms with E-state index in [1.54, 1.807) is 0 Å². The molecule has 1 amide bonds. The molecule has 1 saturated carbocycles. The second-order valence-corrected chi connectivity index (χ2v) is 10.5. The van der Waals surface area contributed by atoms with Crippen LogP contribution >= 0.6 is 0 Å². The van der Waals surface area contributed by atoms with Gasteiger partial charge in [0.1, 0.15) is 0 Å². The van der Waals surface area contributed by atoms with Crippen LogP contribution in [0.2, 0.25) is 0 Å². The highest BCUT2D eigenvalue weighted by Gasteiger charge is 2.55. The topological polar surface area (TPSA) is 79.2 Å². The molecule has 7 heteroatoms. The predicted octanol–water partition coefficient (Wildman–Crippen LogP) is 1.86. The number of rotatable bonds is 5. The van der Waals surface area contributed by atoms with Crippen LogP contribution in [-0.2, 0) is 20.7 Å². The first-order chi connectivity index (χ1) is 15.5. The van der Waals surface area contributed by atoms with Crippen LogP contribution in [0.1, 0.15) is 62.5 Å². The molecule has 2 aliphatic carbocycles. The van der Waals surface area contributed by atoms with Crippen molar-refractivity contribution in [3.8, 4) is 0 Å². The molecule has 1 aromatic carbocycles. The fraction of sp³-hybridized carbons (Fsp3) is 0.720. The minimum Gasteiger partial charge on any atom is -0.423 e. The molecule has 3 unspecified atom stereocenters. The third kappa shape index (κ3) is 4.13. The molecule has 5 rings (SSSR count). The van der Waals surface area contributed by atoms with Crippen LogP contribution in [0, 0.1) is 17.8 Å². The van der Waals surface area contributed by atoms with Crippen molar-refractivity contribution in [2.75, 3.05) is 32.9 Å². The van der Waals surface area contributed by atoms with E-state index in [4.69, 9.17) is 9.47 Å². The van der Waals surface area contributed by atoms with E-state index in [1.807, 2.05) is 17.0 Å². The quantitative estimate of drug-likeness (QED) is 0.682. The molecule has 2 heterocycles. The second-order valence-electron chi connectivity index (χ2n) is 10.5. The molecule has 1 aromatic rings. The molecule has 5 atom stereocenters. The lowest BCUT2D eigenvalue weighted by Gasteiger charge is -2.49. The first-order valence-corrected chi connectivity index (χ1v) is 12.4. The zero-order valence-corrected chi connectivity index (χ0v) is 19.2. The third-order valence-corrected chi connectivity index (χ3v) is 8.71. The molecule has 32 heavy (non-hydrogen) atoms. The number of morpholine rings is 1. The Bertz CT molecular complexity index is 842. The fourth-order valence-electron chi connectivity index (χ4n) is 7.15. The van der Waals surface area contributed by atoms with E-state index in [2.05, 4.69) is 13.0 Å². The summed E-state index contributed by atoms with van der Waals surface area (Å²) in [6.07, 6.45) is 6.95. The van der Waals surface area contributed by atoms with Crippen LogP contribution in [0.15, 0.2) is 18.2 Å². The zero-order chi connectivity index (χ0) is 22.3. The first-order valence-electron chi connectivity index (χ1n) is 12.4. The SMILES string of the molecule is C[C@]12CCC3c4ccc(B(O)O)cc4CCC3C1[C@@H](CCCC(=O)N1CCOCC1)CO2. The van der Waals surface area contributed by atoms with Gasteiger partial charge in [-0.3, -0.25) is 4.79 Å². The Balaban J connectivity index is 1.26. The molecule has 2 N–H and O–H groups in total. The number of ether oxygens (including phenoxy) is 2. The molecule has 174 valence electrons. The van der Waals surface area contributed by atoms with Crippen molar-refractivity contribution in [2.45, 2.75) is 63.4 Å². The lowest BCUT2D eigenvalue weighted by Crippen LogP contribution is -2.47. The van der Waals surface area contributed by atoms with Crippen molar-refractivity contribution in [1.29, 1.82) is 0 Å². The Kier molecular flexibility index (Phi) is 6.36. The summed E-state index contributed by atoms with van der Waals surface area (Å²) >= 11 is 0. The maximum atomic E-state index is 12.6. The molecule has 3 fully saturated rings. The molecule has 0 radical (unpaired) electrons. The van der Waals surface area contributed by atoms with Gasteiger partial charge in [-0.05, 0) is 85.7 Å². The van der Waals surface area contributed by atoms with Gasteiger partial charge in [-0.25, -0.2) is 0 Å². The van der Waals surface area contributed by atoms with Crippen molar-refractivity contribution < 1.29 is 24.3 Å². The van der Waals surface area contributed by atoms with Crippen molar-refractivity contribution in [1.82, 2.24) is 4.90 Å². The average Bonchev–Trinajstić information content (AvgIpc) is 3.15. The van der Waals surface area contributed by atoms with Gasteiger partial charge in [0.15, 0.2) is 0 Å². The highest BCUT2D eigenvalue weighted by atomic mass is 16.5. The van der Waals surface area contributed by atoms with Crippen LogP contribution in [-0.4, -0.2) is 66.5 Å². The normalized spacial score (nSPS) is 33.9. The maximum Gasteiger partial charge on any atom is 0.488 e. The van der Waals surface area contributed by atoms with Gasteiger partial charge in [-0.15, -0.1) is 0 Å². The molecular formula is C25H36BNO5. The third-order valence-electron chi connectivity index (χ3n) is 8.71. The summed E-state index contributed by atoms with van der Waals surface area (Å²) in [5.41, 5.74) is 3.24. The number of hydrogen-bond acceptors (Lipinski definition) is 5. The average molecular weight is 441 g/mol. The lowest BCUT2D eigenvalue weighted by atomic mass is 9.56. The summed E-state index contributed by atoms with van der Waals surface area (Å²) in [7, 11) is -1.40. The Hall–Kier alpha value is -1.41. The molecular weight excluding hydrogens is 405 g/mol. The van der Waals surface area contributed by atoms with Gasteiger partial charge in [0.05, 0.1) is 25.4 Å². The number of carbonyl (C=O) groups excluding carboxylic acids is 1. The Morgan fingerprint density at radius 2 is 2.06 bits per heavy atom. The van der Waals surface area contributed by atoms with Gasteiger partial charge in [-0.2, -0.15) is 0 Å². The van der Waals surface area contributed by atoms with Crippen LogP contribution < -0.4 is 5.46 Å². The fourth-order valence-corrected chi connectivity index (χ4v) is 7.15. The van der Waals surface area contributed by atoms with Gasteiger partial charge in [0.25, 0.3) is 0 Å². The van der Waals surface area contributed by atoms with E-state index in [0.717, 1.165) is 58.2 Å². The van der Waals surface area contributed by atoms with Crippen LogP contribution in [0.25, 0.3) is 0 Å². The molecule has 0 spiro atoms. The number of fused-ring (bicyclic) bond motifs is 5. The van der Waals surface area contributed by atoms with Gasteiger partial charge in [0, 0.05) is 19.5 Å². The number of hydrogen-bond donors (Lipinski definition) is 2. The Morgan fingerprint density at radius 1 is 1.25 bits per heavy atom. The van der Waals surface area contributed by atoms with Crippen molar-refractivity contribution in [2.24, 2.45) is 17.8 Å². The number of amides is 1. The van der Waals surface area contributed by atoms with E-state index in [0.29, 0.717) is 48.8 Å². The summed E-state index contributed by atoms with van der Waals surface area (Å²) in [5.74, 6) is 2.46. The zero-order valence-electron chi connectivity index (χ0n) is 19.2. The summed E-state index contributed by atoms with van der Waals surface area (Å²) in [5, 5.41) is 19.1. The Morgan fingerprint density at radius 3 is 2.84 bits per heavy atom. The number of benzene rings is 1. The van der Waals surface area contributed by atoms with Gasteiger partial charge < -0.3 is 24.4 Å². The van der Waals surface area contributed by atoms with E-state index in [-0.39, 0.29) is 11.5 Å². The molecule has 6 nitrogen and oxygen atoms in total. The van der Waals surface area contributed by atoms with Crippen LogP contribution in [0.4, 0.5) is 0 Å². The van der Waals surface area contributed by atoms with E-state index in [9.17, 15) is 14.8 Å². The van der Waals surface area contributed by atoms with E-state index < -0.39 is 7.12 Å². The van der Waals surface area contributed by atoms with Crippen molar-refractivity contribution in [3.05, 3.63) is 29.3 Å². The summed E-state index contributed by atoms with van der Waals surface area (Å²) in [6.45, 7) is 5.90. The summed E-state index contributed by atoms with van der Waals surface area (Å²) in [4.78, 5) is 14.5. The number of aryl methyl sites for hydroxylation is 1. The van der Waals surface area contributed by atoms with E-state index in [1.165, 1.54) is 11.1 Å². The highest BCUT2D eigenvalue weighted by molar-refractivity contribution is 6.58. The van der Waals surface area contributed by atoms with Gasteiger partial charge in [-0.1, -0.05) is 18.2 Å². The molecule has 2 aliphatic heterocycles. The van der Waals surface area contributed by atoms with Crippen molar-refractivity contribution >= 4 is 18.5 Å². The largest absolute Gasteiger partial charge is 0.488 e. The first kappa shape index (κ1) is 22.4. The minimum atomic E-state index is -1.40. The summed E-state index contributed by atoms with van der Waals surface area (Å²) in [6, 6.07) is 6.00. The molecule has 2 saturated heterocycles.